The van der Waals surface area contributed by atoms with Crippen molar-refractivity contribution < 1.29 is 17.9 Å². The van der Waals surface area contributed by atoms with Gasteiger partial charge in [-0.2, -0.15) is 18.4 Å². The molecule has 0 radical (unpaired) electrons. The zero-order chi connectivity index (χ0) is 15.2. The predicted molar refractivity (Wildman–Crippen MR) is 68.9 cm³/mol. The first-order chi connectivity index (χ1) is 9.29. The molecule has 1 aromatic carbocycles. The second kappa shape index (κ2) is 6.73. The van der Waals surface area contributed by atoms with E-state index in [1.165, 1.54) is 0 Å². The van der Waals surface area contributed by atoms with Crippen LogP contribution in [0.3, 0.4) is 0 Å². The van der Waals surface area contributed by atoms with Crippen molar-refractivity contribution in [3.05, 3.63) is 35.9 Å². The van der Waals surface area contributed by atoms with Crippen LogP contribution in [0.1, 0.15) is 19.4 Å². The number of nitrogens with zero attached hydrogens (tertiary/aromatic N) is 1. The first-order valence-electron chi connectivity index (χ1n) is 6.18. The number of halogens is 3. The van der Waals surface area contributed by atoms with Crippen molar-refractivity contribution in [1.82, 2.24) is 5.32 Å². The molecule has 0 heterocycles. The Morgan fingerprint density at radius 2 is 1.80 bits per heavy atom. The molecule has 0 aromatic heterocycles. The number of ether oxygens (including phenoxy) is 1. The summed E-state index contributed by atoms with van der Waals surface area (Å²) >= 11 is 0. The molecule has 1 atom stereocenters. The van der Waals surface area contributed by atoms with Crippen molar-refractivity contribution in [2.75, 3.05) is 13.2 Å². The lowest BCUT2D eigenvalue weighted by Gasteiger charge is -2.30. The standard InChI is InChI=1S/C14H17F3N2O/c1-11(2)19-13(8-18,9-20-10-14(15,16)17)12-6-4-3-5-7-12/h3-7,11,19H,9-10H2,1-2H3. The third kappa shape index (κ3) is 4.83. The Morgan fingerprint density at radius 1 is 1.20 bits per heavy atom. The fourth-order valence-electron chi connectivity index (χ4n) is 1.87. The predicted octanol–water partition coefficient (Wildman–Crippen LogP) is 2.98. The van der Waals surface area contributed by atoms with Crippen LogP contribution in [0.2, 0.25) is 0 Å². The molecule has 0 aliphatic rings. The fraction of sp³-hybridized carbons (Fsp3) is 0.500. The maximum atomic E-state index is 12.2. The second-order valence-electron chi connectivity index (χ2n) is 4.79. The van der Waals surface area contributed by atoms with Gasteiger partial charge in [0.2, 0.25) is 0 Å². The van der Waals surface area contributed by atoms with Gasteiger partial charge in [0, 0.05) is 6.04 Å². The van der Waals surface area contributed by atoms with Crippen LogP contribution in [0.15, 0.2) is 30.3 Å². The van der Waals surface area contributed by atoms with E-state index in [2.05, 4.69) is 5.32 Å². The number of nitrogens with one attached hydrogen (secondary N) is 1. The van der Waals surface area contributed by atoms with Crippen molar-refractivity contribution in [1.29, 1.82) is 5.26 Å². The molecule has 1 rings (SSSR count). The topological polar surface area (TPSA) is 45.0 Å². The van der Waals surface area contributed by atoms with Crippen molar-refractivity contribution in [3.8, 4) is 6.07 Å². The Morgan fingerprint density at radius 3 is 2.25 bits per heavy atom. The molecule has 3 nitrogen and oxygen atoms in total. The van der Waals surface area contributed by atoms with Gasteiger partial charge in [0.25, 0.3) is 0 Å². The van der Waals surface area contributed by atoms with Crippen LogP contribution in [-0.4, -0.2) is 25.4 Å². The summed E-state index contributed by atoms with van der Waals surface area (Å²) in [6.45, 7) is 1.89. The SMILES string of the molecule is CC(C)NC(C#N)(COCC(F)(F)F)c1ccccc1. The van der Waals surface area contributed by atoms with E-state index < -0.39 is 18.3 Å². The number of nitriles is 1. The molecule has 20 heavy (non-hydrogen) atoms. The molecule has 0 bridgehead atoms. The number of benzene rings is 1. The van der Waals surface area contributed by atoms with Gasteiger partial charge in [0.1, 0.15) is 6.61 Å². The Bertz CT molecular complexity index is 454. The van der Waals surface area contributed by atoms with E-state index in [-0.39, 0.29) is 12.6 Å². The number of alkyl halides is 3. The smallest absolute Gasteiger partial charge is 0.369 e. The molecule has 1 unspecified atom stereocenters. The lowest BCUT2D eigenvalue weighted by molar-refractivity contribution is -0.177. The molecular weight excluding hydrogens is 269 g/mol. The van der Waals surface area contributed by atoms with E-state index in [0.29, 0.717) is 5.56 Å². The highest BCUT2D eigenvalue weighted by molar-refractivity contribution is 5.31. The largest absolute Gasteiger partial charge is 0.411 e. The zero-order valence-electron chi connectivity index (χ0n) is 11.4. The van der Waals surface area contributed by atoms with Gasteiger partial charge >= 0.3 is 6.18 Å². The van der Waals surface area contributed by atoms with Crippen molar-refractivity contribution in [2.24, 2.45) is 0 Å². The monoisotopic (exact) mass is 286 g/mol. The lowest BCUT2D eigenvalue weighted by Crippen LogP contribution is -2.49. The summed E-state index contributed by atoms with van der Waals surface area (Å²) in [5.41, 5.74) is -0.709. The van der Waals surface area contributed by atoms with Gasteiger partial charge in [0.05, 0.1) is 12.7 Å². The molecule has 0 amide bonds. The minimum absolute atomic E-state index is 0.0793. The summed E-state index contributed by atoms with van der Waals surface area (Å²) < 4.78 is 41.2. The number of hydrogen-bond donors (Lipinski definition) is 1. The van der Waals surface area contributed by atoms with Gasteiger partial charge < -0.3 is 4.74 Å². The Balaban J connectivity index is 2.93. The average Bonchev–Trinajstić information content (AvgIpc) is 2.36. The van der Waals surface area contributed by atoms with E-state index in [9.17, 15) is 18.4 Å². The Kier molecular flexibility index (Phi) is 5.54. The maximum Gasteiger partial charge on any atom is 0.411 e. The van der Waals surface area contributed by atoms with Gasteiger partial charge in [-0.3, -0.25) is 5.32 Å². The minimum Gasteiger partial charge on any atom is -0.369 e. The molecular formula is C14H17F3N2O. The highest BCUT2D eigenvalue weighted by Crippen LogP contribution is 2.23. The van der Waals surface area contributed by atoms with Crippen LogP contribution in [0.5, 0.6) is 0 Å². The van der Waals surface area contributed by atoms with Crippen LogP contribution in [-0.2, 0) is 10.3 Å². The van der Waals surface area contributed by atoms with Crippen LogP contribution < -0.4 is 5.32 Å². The van der Waals surface area contributed by atoms with Crippen LogP contribution in [0, 0.1) is 11.3 Å². The number of rotatable bonds is 6. The summed E-state index contributed by atoms with van der Waals surface area (Å²) in [4.78, 5) is 0. The highest BCUT2D eigenvalue weighted by atomic mass is 19.4. The molecule has 0 fully saturated rings. The van der Waals surface area contributed by atoms with Crippen LogP contribution in [0.4, 0.5) is 13.2 Å². The Labute approximate surface area is 116 Å². The maximum absolute atomic E-state index is 12.2. The third-order valence-electron chi connectivity index (χ3n) is 2.58. The lowest BCUT2D eigenvalue weighted by atomic mass is 9.91. The van der Waals surface area contributed by atoms with Crippen molar-refractivity contribution in [3.63, 3.8) is 0 Å². The fourth-order valence-corrected chi connectivity index (χ4v) is 1.87. The first-order valence-corrected chi connectivity index (χ1v) is 6.18. The number of hydrogen-bond acceptors (Lipinski definition) is 3. The van der Waals surface area contributed by atoms with Gasteiger partial charge in [-0.05, 0) is 19.4 Å². The van der Waals surface area contributed by atoms with Gasteiger partial charge in [-0.25, -0.2) is 0 Å². The highest BCUT2D eigenvalue weighted by Gasteiger charge is 2.35. The van der Waals surface area contributed by atoms with E-state index in [1.807, 2.05) is 19.9 Å². The molecule has 0 aliphatic heterocycles. The van der Waals surface area contributed by atoms with Gasteiger partial charge in [-0.15, -0.1) is 0 Å². The molecule has 0 saturated heterocycles. The third-order valence-corrected chi connectivity index (χ3v) is 2.58. The van der Waals surface area contributed by atoms with E-state index in [4.69, 9.17) is 4.74 Å². The quantitative estimate of drug-likeness (QED) is 0.874. The Hall–Kier alpha value is -1.58. The average molecular weight is 286 g/mol. The molecule has 1 N–H and O–H groups in total. The van der Waals surface area contributed by atoms with E-state index in [1.54, 1.807) is 30.3 Å². The van der Waals surface area contributed by atoms with Crippen LogP contribution >= 0.6 is 0 Å². The molecule has 6 heteroatoms. The van der Waals surface area contributed by atoms with Crippen LogP contribution in [0.25, 0.3) is 0 Å². The summed E-state index contributed by atoms with van der Waals surface area (Å²) in [6, 6.07) is 10.6. The van der Waals surface area contributed by atoms with E-state index >= 15 is 0 Å². The molecule has 110 valence electrons. The first kappa shape index (κ1) is 16.5. The second-order valence-corrected chi connectivity index (χ2v) is 4.79. The molecule has 0 saturated carbocycles. The van der Waals surface area contributed by atoms with E-state index in [0.717, 1.165) is 0 Å². The molecule has 0 aliphatic carbocycles. The summed E-state index contributed by atoms with van der Waals surface area (Å²) in [6.07, 6.45) is -4.41. The van der Waals surface area contributed by atoms with Gasteiger partial charge in [0.15, 0.2) is 5.54 Å². The summed E-state index contributed by atoms with van der Waals surface area (Å²) in [5.74, 6) is 0. The molecule has 1 aromatic rings. The summed E-state index contributed by atoms with van der Waals surface area (Å²) in [5, 5.41) is 12.4. The summed E-state index contributed by atoms with van der Waals surface area (Å²) in [7, 11) is 0. The minimum atomic E-state index is -4.41. The zero-order valence-corrected chi connectivity index (χ0v) is 11.4. The normalized spacial score (nSPS) is 14.8. The molecule has 0 spiro atoms. The van der Waals surface area contributed by atoms with Gasteiger partial charge in [-0.1, -0.05) is 30.3 Å². The van der Waals surface area contributed by atoms with Crippen molar-refractivity contribution >= 4 is 0 Å². The van der Waals surface area contributed by atoms with Crippen molar-refractivity contribution in [2.45, 2.75) is 31.6 Å².